The van der Waals surface area contributed by atoms with Crippen molar-refractivity contribution in [2.45, 2.75) is 58.0 Å². The number of hydrogen-bond acceptors (Lipinski definition) is 3. The quantitative estimate of drug-likeness (QED) is 0.800. The molecule has 25 heavy (non-hydrogen) atoms. The molecule has 0 radical (unpaired) electrons. The molecular weight excluding hydrogens is 314 g/mol. The summed E-state index contributed by atoms with van der Waals surface area (Å²) in [4.78, 5) is 25.8. The Hall–Kier alpha value is -1.88. The first-order chi connectivity index (χ1) is 12.1. The van der Waals surface area contributed by atoms with E-state index in [0.29, 0.717) is 24.9 Å². The van der Waals surface area contributed by atoms with Crippen molar-refractivity contribution in [2.24, 2.45) is 5.92 Å². The van der Waals surface area contributed by atoms with Crippen LogP contribution in [0.1, 0.15) is 51.0 Å². The van der Waals surface area contributed by atoms with E-state index in [4.69, 9.17) is 0 Å². The van der Waals surface area contributed by atoms with Crippen LogP contribution in [-0.2, 0) is 16.1 Å². The summed E-state index contributed by atoms with van der Waals surface area (Å²) in [5.74, 6) is 0.904. The first kappa shape index (κ1) is 17.9. The van der Waals surface area contributed by atoms with Gasteiger partial charge in [-0.2, -0.15) is 0 Å². The molecule has 1 heterocycles. The lowest BCUT2D eigenvalue weighted by molar-refractivity contribution is -0.130. The van der Waals surface area contributed by atoms with Gasteiger partial charge in [-0.3, -0.25) is 9.59 Å². The van der Waals surface area contributed by atoms with Gasteiger partial charge in [0, 0.05) is 31.6 Å². The second-order valence-corrected chi connectivity index (χ2v) is 7.36. The van der Waals surface area contributed by atoms with E-state index in [1.807, 2.05) is 29.2 Å². The van der Waals surface area contributed by atoms with Gasteiger partial charge in [0.25, 0.3) is 0 Å². The zero-order valence-corrected chi connectivity index (χ0v) is 15.1. The maximum atomic E-state index is 12.1. The molecule has 2 amide bonds. The molecule has 1 aromatic rings. The molecule has 0 aromatic heterocycles. The van der Waals surface area contributed by atoms with E-state index in [0.717, 1.165) is 43.6 Å². The maximum absolute atomic E-state index is 12.1. The van der Waals surface area contributed by atoms with E-state index in [1.54, 1.807) is 6.92 Å². The Morgan fingerprint density at radius 1 is 1.12 bits per heavy atom. The number of carbonyl (C=O) groups excluding carboxylic acids is 2. The lowest BCUT2D eigenvalue weighted by Crippen LogP contribution is -2.30. The predicted molar refractivity (Wildman–Crippen MR) is 99.1 cm³/mol. The zero-order valence-electron chi connectivity index (χ0n) is 15.1. The molecule has 0 bridgehead atoms. The SMILES string of the molecule is CC(=O)N(Cc1ccc(NC(=O)CCC2CCNCC2)cc1)C1CC1. The van der Waals surface area contributed by atoms with Crippen LogP contribution in [0.25, 0.3) is 0 Å². The van der Waals surface area contributed by atoms with Crippen molar-refractivity contribution in [1.82, 2.24) is 10.2 Å². The molecule has 0 unspecified atom stereocenters. The molecule has 1 saturated heterocycles. The molecule has 1 aromatic carbocycles. The van der Waals surface area contributed by atoms with Crippen molar-refractivity contribution in [3.63, 3.8) is 0 Å². The Morgan fingerprint density at radius 3 is 2.40 bits per heavy atom. The molecule has 136 valence electrons. The second-order valence-electron chi connectivity index (χ2n) is 7.36. The van der Waals surface area contributed by atoms with Crippen molar-refractivity contribution in [2.75, 3.05) is 18.4 Å². The molecule has 2 aliphatic rings. The highest BCUT2D eigenvalue weighted by Gasteiger charge is 2.30. The minimum atomic E-state index is 0.0922. The lowest BCUT2D eigenvalue weighted by Gasteiger charge is -2.22. The Balaban J connectivity index is 1.45. The fourth-order valence-corrected chi connectivity index (χ4v) is 3.50. The fraction of sp³-hybridized carbons (Fsp3) is 0.600. The third-order valence-electron chi connectivity index (χ3n) is 5.22. The van der Waals surface area contributed by atoms with Crippen LogP contribution in [0.15, 0.2) is 24.3 Å². The summed E-state index contributed by atoms with van der Waals surface area (Å²) in [6.07, 6.45) is 6.15. The smallest absolute Gasteiger partial charge is 0.224 e. The van der Waals surface area contributed by atoms with Gasteiger partial charge in [-0.25, -0.2) is 0 Å². The first-order valence-corrected chi connectivity index (χ1v) is 9.48. The number of benzene rings is 1. The van der Waals surface area contributed by atoms with Crippen molar-refractivity contribution >= 4 is 17.5 Å². The van der Waals surface area contributed by atoms with E-state index in [1.165, 1.54) is 12.8 Å². The van der Waals surface area contributed by atoms with Gasteiger partial charge >= 0.3 is 0 Å². The number of hydrogen-bond donors (Lipinski definition) is 2. The summed E-state index contributed by atoms with van der Waals surface area (Å²) < 4.78 is 0. The molecule has 1 saturated carbocycles. The fourth-order valence-electron chi connectivity index (χ4n) is 3.50. The summed E-state index contributed by atoms with van der Waals surface area (Å²) in [5, 5.41) is 6.34. The maximum Gasteiger partial charge on any atom is 0.224 e. The highest BCUT2D eigenvalue weighted by molar-refractivity contribution is 5.90. The van der Waals surface area contributed by atoms with Crippen LogP contribution in [-0.4, -0.2) is 35.8 Å². The average Bonchev–Trinajstić information content (AvgIpc) is 3.45. The van der Waals surface area contributed by atoms with Crippen molar-refractivity contribution in [3.05, 3.63) is 29.8 Å². The third-order valence-corrected chi connectivity index (χ3v) is 5.22. The third kappa shape index (κ3) is 5.56. The van der Waals surface area contributed by atoms with Gasteiger partial charge in [-0.15, -0.1) is 0 Å². The van der Waals surface area contributed by atoms with Crippen LogP contribution in [0.3, 0.4) is 0 Å². The molecule has 1 aliphatic heterocycles. The van der Waals surface area contributed by atoms with Crippen molar-refractivity contribution < 1.29 is 9.59 Å². The van der Waals surface area contributed by atoms with Gasteiger partial charge in [0.2, 0.25) is 11.8 Å². The van der Waals surface area contributed by atoms with Crippen molar-refractivity contribution in [1.29, 1.82) is 0 Å². The number of carbonyl (C=O) groups is 2. The van der Waals surface area contributed by atoms with Gasteiger partial charge in [0.05, 0.1) is 0 Å². The highest BCUT2D eigenvalue weighted by Crippen LogP contribution is 2.28. The van der Waals surface area contributed by atoms with Crippen LogP contribution in [0.5, 0.6) is 0 Å². The highest BCUT2D eigenvalue weighted by atomic mass is 16.2. The van der Waals surface area contributed by atoms with E-state index >= 15 is 0 Å². The molecule has 0 spiro atoms. The molecule has 0 atom stereocenters. The number of piperidine rings is 1. The number of nitrogens with zero attached hydrogens (tertiary/aromatic N) is 1. The van der Waals surface area contributed by atoms with Crippen LogP contribution >= 0.6 is 0 Å². The second kappa shape index (κ2) is 8.48. The van der Waals surface area contributed by atoms with Crippen molar-refractivity contribution in [3.8, 4) is 0 Å². The molecule has 2 fully saturated rings. The van der Waals surface area contributed by atoms with Crippen LogP contribution in [0.2, 0.25) is 0 Å². The van der Waals surface area contributed by atoms with Gasteiger partial charge in [-0.05, 0) is 68.8 Å². The Morgan fingerprint density at radius 2 is 1.80 bits per heavy atom. The van der Waals surface area contributed by atoms with E-state index in [2.05, 4.69) is 10.6 Å². The predicted octanol–water partition coefficient (Wildman–Crippen LogP) is 2.92. The summed E-state index contributed by atoms with van der Waals surface area (Å²) >= 11 is 0. The van der Waals surface area contributed by atoms with Gasteiger partial charge in [-0.1, -0.05) is 12.1 Å². The topological polar surface area (TPSA) is 61.4 Å². The normalized spacial score (nSPS) is 18.0. The Kier molecular flexibility index (Phi) is 6.08. The standard InChI is InChI=1S/C20H29N3O2/c1-15(24)23(19-7-8-19)14-17-2-5-18(6-3-17)22-20(25)9-4-16-10-12-21-13-11-16/h2-3,5-6,16,19,21H,4,7-14H2,1H3,(H,22,25). The van der Waals surface area contributed by atoms with E-state index in [-0.39, 0.29) is 11.8 Å². The number of amides is 2. The zero-order chi connectivity index (χ0) is 17.6. The number of anilines is 1. The molecular formula is C20H29N3O2. The Labute approximate surface area is 150 Å². The summed E-state index contributed by atoms with van der Waals surface area (Å²) in [6.45, 7) is 4.44. The van der Waals surface area contributed by atoms with Crippen LogP contribution in [0.4, 0.5) is 5.69 Å². The largest absolute Gasteiger partial charge is 0.336 e. The molecule has 2 N–H and O–H groups in total. The number of rotatable bonds is 7. The lowest BCUT2D eigenvalue weighted by atomic mass is 9.93. The average molecular weight is 343 g/mol. The minimum Gasteiger partial charge on any atom is -0.336 e. The van der Waals surface area contributed by atoms with Crippen LogP contribution < -0.4 is 10.6 Å². The molecule has 5 nitrogen and oxygen atoms in total. The molecule has 1 aliphatic carbocycles. The van der Waals surface area contributed by atoms with E-state index in [9.17, 15) is 9.59 Å². The van der Waals surface area contributed by atoms with Crippen LogP contribution in [0, 0.1) is 5.92 Å². The van der Waals surface area contributed by atoms with Gasteiger partial charge < -0.3 is 15.5 Å². The molecule has 5 heteroatoms. The monoisotopic (exact) mass is 343 g/mol. The van der Waals surface area contributed by atoms with Gasteiger partial charge in [0.15, 0.2) is 0 Å². The summed E-state index contributed by atoms with van der Waals surface area (Å²) in [6, 6.07) is 8.29. The number of nitrogens with one attached hydrogen (secondary N) is 2. The first-order valence-electron chi connectivity index (χ1n) is 9.48. The van der Waals surface area contributed by atoms with E-state index < -0.39 is 0 Å². The summed E-state index contributed by atoms with van der Waals surface area (Å²) in [7, 11) is 0. The Bertz CT molecular complexity index is 589. The van der Waals surface area contributed by atoms with Gasteiger partial charge in [0.1, 0.15) is 0 Å². The minimum absolute atomic E-state index is 0.0922. The summed E-state index contributed by atoms with van der Waals surface area (Å²) in [5.41, 5.74) is 1.94. The molecule has 3 rings (SSSR count).